The summed E-state index contributed by atoms with van der Waals surface area (Å²) in [7, 11) is 0. The Balaban J connectivity index is 1.51. The summed E-state index contributed by atoms with van der Waals surface area (Å²) < 4.78 is 0. The van der Waals surface area contributed by atoms with Gasteiger partial charge in [-0.2, -0.15) is 0 Å². The third-order valence-corrected chi connectivity index (χ3v) is 4.53. The number of nitrogens with zero attached hydrogens (tertiary/aromatic N) is 1. The van der Waals surface area contributed by atoms with Crippen molar-refractivity contribution < 1.29 is 14.7 Å². The van der Waals surface area contributed by atoms with Crippen LogP contribution in [0.15, 0.2) is 24.3 Å². The highest BCUT2D eigenvalue weighted by atomic mass is 16.4. The predicted molar refractivity (Wildman–Crippen MR) is 77.6 cm³/mol. The molecule has 1 saturated carbocycles. The second-order valence-corrected chi connectivity index (χ2v) is 5.96. The molecule has 3 rings (SSSR count). The SMILES string of the molecule is O=C(O)C1CCC(NC(=O)N2Cc3ccccc3C2)CC1. The van der Waals surface area contributed by atoms with Crippen LogP contribution in [0.1, 0.15) is 36.8 Å². The normalized spacial score (nSPS) is 24.5. The van der Waals surface area contributed by atoms with Gasteiger partial charge in [0, 0.05) is 19.1 Å². The number of aliphatic carboxylic acids is 1. The van der Waals surface area contributed by atoms with Crippen LogP contribution in [-0.4, -0.2) is 28.0 Å². The molecule has 5 heteroatoms. The minimum Gasteiger partial charge on any atom is -0.481 e. The third kappa shape index (κ3) is 3.01. The Bertz CT molecular complexity index is 525. The Morgan fingerprint density at radius 3 is 2.14 bits per heavy atom. The summed E-state index contributed by atoms with van der Waals surface area (Å²) in [5.41, 5.74) is 2.42. The van der Waals surface area contributed by atoms with Crippen LogP contribution in [0.3, 0.4) is 0 Å². The quantitative estimate of drug-likeness (QED) is 0.877. The number of benzene rings is 1. The van der Waals surface area contributed by atoms with E-state index in [9.17, 15) is 9.59 Å². The van der Waals surface area contributed by atoms with E-state index in [4.69, 9.17) is 5.11 Å². The molecule has 0 saturated heterocycles. The van der Waals surface area contributed by atoms with Crippen molar-refractivity contribution in [1.82, 2.24) is 10.2 Å². The van der Waals surface area contributed by atoms with E-state index in [-0.39, 0.29) is 18.0 Å². The van der Waals surface area contributed by atoms with Crippen LogP contribution in [0, 0.1) is 5.92 Å². The number of amides is 2. The monoisotopic (exact) mass is 288 g/mol. The Hall–Kier alpha value is -2.04. The van der Waals surface area contributed by atoms with Gasteiger partial charge in [0.25, 0.3) is 0 Å². The van der Waals surface area contributed by atoms with E-state index in [2.05, 4.69) is 17.4 Å². The molecule has 2 N–H and O–H groups in total. The van der Waals surface area contributed by atoms with E-state index in [1.165, 1.54) is 11.1 Å². The van der Waals surface area contributed by atoms with Crippen molar-refractivity contribution in [3.05, 3.63) is 35.4 Å². The zero-order valence-electron chi connectivity index (χ0n) is 11.9. The molecule has 2 aliphatic rings. The van der Waals surface area contributed by atoms with Crippen molar-refractivity contribution >= 4 is 12.0 Å². The molecule has 1 aromatic rings. The molecule has 1 fully saturated rings. The number of fused-ring (bicyclic) bond motifs is 1. The van der Waals surface area contributed by atoms with Crippen molar-refractivity contribution in [1.29, 1.82) is 0 Å². The zero-order chi connectivity index (χ0) is 14.8. The Morgan fingerprint density at radius 2 is 1.62 bits per heavy atom. The summed E-state index contributed by atoms with van der Waals surface area (Å²) in [5, 5.41) is 12.0. The first-order valence-corrected chi connectivity index (χ1v) is 7.48. The van der Waals surface area contributed by atoms with Crippen molar-refractivity contribution in [3.63, 3.8) is 0 Å². The predicted octanol–water partition coefficient (Wildman–Crippen LogP) is 2.36. The van der Waals surface area contributed by atoms with Gasteiger partial charge < -0.3 is 15.3 Å². The molecule has 1 heterocycles. The van der Waals surface area contributed by atoms with Crippen molar-refractivity contribution in [2.75, 3.05) is 0 Å². The maximum atomic E-state index is 12.3. The number of carbonyl (C=O) groups excluding carboxylic acids is 1. The summed E-state index contributed by atoms with van der Waals surface area (Å²) in [6.45, 7) is 1.32. The lowest BCUT2D eigenvalue weighted by molar-refractivity contribution is -0.142. The summed E-state index contributed by atoms with van der Waals surface area (Å²) in [4.78, 5) is 25.0. The maximum absolute atomic E-state index is 12.3. The molecular formula is C16H20N2O3. The van der Waals surface area contributed by atoms with Gasteiger partial charge in [0.2, 0.25) is 0 Å². The van der Waals surface area contributed by atoms with Crippen LogP contribution >= 0.6 is 0 Å². The lowest BCUT2D eigenvalue weighted by Gasteiger charge is -2.28. The van der Waals surface area contributed by atoms with Crippen molar-refractivity contribution in [2.45, 2.75) is 44.8 Å². The summed E-state index contributed by atoms with van der Waals surface area (Å²) in [6.07, 6.45) is 2.81. The Morgan fingerprint density at radius 1 is 1.05 bits per heavy atom. The molecule has 0 aromatic heterocycles. The van der Waals surface area contributed by atoms with E-state index >= 15 is 0 Å². The lowest BCUT2D eigenvalue weighted by Crippen LogP contribution is -2.44. The van der Waals surface area contributed by atoms with Crippen LogP contribution in [-0.2, 0) is 17.9 Å². The number of carboxylic acid groups (broad SMARTS) is 1. The Labute approximate surface area is 123 Å². The van der Waals surface area contributed by atoms with Gasteiger partial charge in [0.15, 0.2) is 0 Å². The fourth-order valence-electron chi connectivity index (χ4n) is 3.23. The summed E-state index contributed by atoms with van der Waals surface area (Å²) >= 11 is 0. The molecule has 1 aliphatic heterocycles. The fourth-order valence-corrected chi connectivity index (χ4v) is 3.23. The van der Waals surface area contributed by atoms with Crippen LogP contribution in [0.4, 0.5) is 4.79 Å². The molecular weight excluding hydrogens is 268 g/mol. The van der Waals surface area contributed by atoms with Crippen LogP contribution < -0.4 is 5.32 Å². The average Bonchev–Trinajstić information content (AvgIpc) is 2.92. The molecule has 0 spiro atoms. The number of carbonyl (C=O) groups is 2. The number of hydrogen-bond acceptors (Lipinski definition) is 2. The van der Waals surface area contributed by atoms with E-state index in [1.807, 2.05) is 17.0 Å². The van der Waals surface area contributed by atoms with Gasteiger partial charge >= 0.3 is 12.0 Å². The smallest absolute Gasteiger partial charge is 0.318 e. The van der Waals surface area contributed by atoms with Gasteiger partial charge in [-0.3, -0.25) is 4.79 Å². The number of carboxylic acids is 1. The minimum absolute atomic E-state index is 0.0371. The molecule has 1 aromatic carbocycles. The first kappa shape index (κ1) is 13.9. The van der Waals surface area contributed by atoms with E-state index in [0.29, 0.717) is 25.9 Å². The van der Waals surface area contributed by atoms with Gasteiger partial charge in [0.05, 0.1) is 5.92 Å². The lowest BCUT2D eigenvalue weighted by atomic mass is 9.86. The van der Waals surface area contributed by atoms with E-state index in [0.717, 1.165) is 12.8 Å². The van der Waals surface area contributed by atoms with Gasteiger partial charge in [-0.05, 0) is 36.8 Å². The van der Waals surface area contributed by atoms with Gasteiger partial charge in [0.1, 0.15) is 0 Å². The molecule has 112 valence electrons. The fraction of sp³-hybridized carbons (Fsp3) is 0.500. The van der Waals surface area contributed by atoms with Crippen molar-refractivity contribution in [2.24, 2.45) is 5.92 Å². The summed E-state index contributed by atoms with van der Waals surface area (Å²) in [6, 6.07) is 8.17. The molecule has 1 aliphatic carbocycles. The number of urea groups is 1. The second-order valence-electron chi connectivity index (χ2n) is 5.96. The second kappa shape index (κ2) is 5.76. The van der Waals surface area contributed by atoms with Crippen LogP contribution in [0.2, 0.25) is 0 Å². The molecule has 0 atom stereocenters. The van der Waals surface area contributed by atoms with E-state index < -0.39 is 5.97 Å². The molecule has 0 radical (unpaired) electrons. The maximum Gasteiger partial charge on any atom is 0.318 e. The van der Waals surface area contributed by atoms with Gasteiger partial charge in [-0.15, -0.1) is 0 Å². The molecule has 21 heavy (non-hydrogen) atoms. The standard InChI is InChI=1S/C16H20N2O3/c19-15(20)11-5-7-14(8-6-11)17-16(21)18-9-12-3-1-2-4-13(12)10-18/h1-4,11,14H,5-10H2,(H,17,21)(H,19,20). The van der Waals surface area contributed by atoms with Crippen LogP contribution in [0.5, 0.6) is 0 Å². The molecule has 5 nitrogen and oxygen atoms in total. The van der Waals surface area contributed by atoms with Crippen LogP contribution in [0.25, 0.3) is 0 Å². The largest absolute Gasteiger partial charge is 0.481 e. The highest BCUT2D eigenvalue weighted by Gasteiger charge is 2.29. The van der Waals surface area contributed by atoms with Crippen molar-refractivity contribution in [3.8, 4) is 0 Å². The highest BCUT2D eigenvalue weighted by molar-refractivity contribution is 5.75. The third-order valence-electron chi connectivity index (χ3n) is 4.53. The van der Waals surface area contributed by atoms with Gasteiger partial charge in [-0.25, -0.2) is 4.79 Å². The molecule has 0 unspecified atom stereocenters. The van der Waals surface area contributed by atoms with Gasteiger partial charge in [-0.1, -0.05) is 24.3 Å². The molecule has 0 bridgehead atoms. The molecule has 2 amide bonds. The topological polar surface area (TPSA) is 69.6 Å². The average molecular weight is 288 g/mol. The highest BCUT2D eigenvalue weighted by Crippen LogP contribution is 2.26. The number of rotatable bonds is 2. The first-order chi connectivity index (χ1) is 10.1. The minimum atomic E-state index is -0.713. The van der Waals surface area contributed by atoms with E-state index in [1.54, 1.807) is 0 Å². The first-order valence-electron chi connectivity index (χ1n) is 7.48. The Kier molecular flexibility index (Phi) is 3.82. The number of hydrogen-bond donors (Lipinski definition) is 2. The summed E-state index contributed by atoms with van der Waals surface area (Å²) in [5.74, 6) is -0.955. The zero-order valence-corrected chi connectivity index (χ0v) is 11.9. The number of nitrogens with one attached hydrogen (secondary N) is 1.